The second-order valence-corrected chi connectivity index (χ2v) is 5.59. The molecule has 0 atom stereocenters. The monoisotopic (exact) mass is 235 g/mol. The van der Waals surface area contributed by atoms with E-state index in [0.717, 1.165) is 24.5 Å². The number of aromatic nitrogens is 2. The summed E-state index contributed by atoms with van der Waals surface area (Å²) in [6.45, 7) is 6.32. The first-order chi connectivity index (χ1) is 7.99. The largest absolute Gasteiger partial charge is 0.474 e. The van der Waals surface area contributed by atoms with Crippen molar-refractivity contribution < 1.29 is 4.74 Å². The third kappa shape index (κ3) is 2.87. The van der Waals surface area contributed by atoms with Gasteiger partial charge in [-0.15, -0.1) is 0 Å². The molecule has 1 N–H and O–H groups in total. The maximum Gasteiger partial charge on any atom is 0.219 e. The van der Waals surface area contributed by atoms with Crippen LogP contribution in [0.1, 0.15) is 45.9 Å². The van der Waals surface area contributed by atoms with E-state index in [9.17, 15) is 0 Å². The maximum absolute atomic E-state index is 5.84. The smallest absolute Gasteiger partial charge is 0.219 e. The standard InChI is InChI=1S/C13H21N3O/c1-13(2,3)12-15-10(14-4)8-11(16-12)17-9-6-5-7-9/h8-9H,5-7H2,1-4H3,(H,14,15,16). The Balaban J connectivity index is 2.24. The lowest BCUT2D eigenvalue weighted by molar-refractivity contribution is 0.114. The van der Waals surface area contributed by atoms with Crippen LogP contribution in [0.25, 0.3) is 0 Å². The molecule has 0 bridgehead atoms. The molecule has 0 unspecified atom stereocenters. The van der Waals surface area contributed by atoms with Crippen LogP contribution in [-0.4, -0.2) is 23.1 Å². The first-order valence-electron chi connectivity index (χ1n) is 6.23. The molecule has 0 radical (unpaired) electrons. The van der Waals surface area contributed by atoms with Crippen LogP contribution in [0.4, 0.5) is 5.82 Å². The van der Waals surface area contributed by atoms with Gasteiger partial charge in [0.05, 0.1) is 0 Å². The fourth-order valence-electron chi connectivity index (χ4n) is 1.61. The van der Waals surface area contributed by atoms with E-state index in [-0.39, 0.29) is 5.41 Å². The molecule has 2 rings (SSSR count). The zero-order valence-electron chi connectivity index (χ0n) is 11.1. The minimum Gasteiger partial charge on any atom is -0.474 e. The molecular formula is C13H21N3O. The summed E-state index contributed by atoms with van der Waals surface area (Å²) in [4.78, 5) is 8.97. The quantitative estimate of drug-likeness (QED) is 0.875. The van der Waals surface area contributed by atoms with Gasteiger partial charge in [-0.3, -0.25) is 0 Å². The van der Waals surface area contributed by atoms with Gasteiger partial charge >= 0.3 is 0 Å². The summed E-state index contributed by atoms with van der Waals surface area (Å²) in [5.74, 6) is 2.33. The Kier molecular flexibility index (Phi) is 3.22. The van der Waals surface area contributed by atoms with E-state index in [0.29, 0.717) is 12.0 Å². The maximum atomic E-state index is 5.84. The molecule has 1 aliphatic carbocycles. The lowest BCUT2D eigenvalue weighted by Gasteiger charge is -2.26. The molecule has 0 spiro atoms. The summed E-state index contributed by atoms with van der Waals surface area (Å²) < 4.78 is 5.84. The summed E-state index contributed by atoms with van der Waals surface area (Å²) in [5.41, 5.74) is -0.0649. The molecule has 1 heterocycles. The third-order valence-electron chi connectivity index (χ3n) is 2.97. The molecule has 94 valence electrons. The second-order valence-electron chi connectivity index (χ2n) is 5.59. The summed E-state index contributed by atoms with van der Waals surface area (Å²) in [6.07, 6.45) is 3.90. The van der Waals surface area contributed by atoms with E-state index in [1.165, 1.54) is 6.42 Å². The number of hydrogen-bond donors (Lipinski definition) is 1. The Hall–Kier alpha value is -1.32. The minimum absolute atomic E-state index is 0.0649. The molecule has 0 saturated heterocycles. The molecule has 17 heavy (non-hydrogen) atoms. The number of anilines is 1. The topological polar surface area (TPSA) is 47.0 Å². The Bertz CT molecular complexity index is 394. The van der Waals surface area contributed by atoms with E-state index >= 15 is 0 Å². The van der Waals surface area contributed by atoms with Gasteiger partial charge in [0.15, 0.2) is 0 Å². The average molecular weight is 235 g/mol. The number of nitrogens with one attached hydrogen (secondary N) is 1. The van der Waals surface area contributed by atoms with Crippen molar-refractivity contribution in [2.24, 2.45) is 0 Å². The van der Waals surface area contributed by atoms with Gasteiger partial charge in [0, 0.05) is 18.5 Å². The van der Waals surface area contributed by atoms with Crippen molar-refractivity contribution in [1.82, 2.24) is 9.97 Å². The van der Waals surface area contributed by atoms with E-state index in [1.54, 1.807) is 0 Å². The number of nitrogens with zero attached hydrogens (tertiary/aromatic N) is 2. The highest BCUT2D eigenvalue weighted by atomic mass is 16.5. The van der Waals surface area contributed by atoms with E-state index < -0.39 is 0 Å². The van der Waals surface area contributed by atoms with Gasteiger partial charge in [-0.2, -0.15) is 4.98 Å². The Morgan fingerprint density at radius 2 is 2.00 bits per heavy atom. The number of hydrogen-bond acceptors (Lipinski definition) is 4. The molecule has 1 saturated carbocycles. The Labute approximate surface area is 103 Å². The van der Waals surface area contributed by atoms with Crippen molar-refractivity contribution in [1.29, 1.82) is 0 Å². The Morgan fingerprint density at radius 3 is 2.47 bits per heavy atom. The summed E-state index contributed by atoms with van der Waals surface area (Å²) in [7, 11) is 1.86. The van der Waals surface area contributed by atoms with Crippen LogP contribution in [0, 0.1) is 0 Å². The third-order valence-corrected chi connectivity index (χ3v) is 2.97. The molecule has 0 amide bonds. The van der Waals surface area contributed by atoms with Gasteiger partial charge in [0.25, 0.3) is 0 Å². The molecule has 1 aromatic rings. The molecule has 0 aliphatic heterocycles. The van der Waals surface area contributed by atoms with Crippen molar-refractivity contribution in [3.63, 3.8) is 0 Å². The van der Waals surface area contributed by atoms with Crippen LogP contribution in [0.5, 0.6) is 5.88 Å². The van der Waals surface area contributed by atoms with Gasteiger partial charge in [0.1, 0.15) is 17.7 Å². The molecule has 1 aliphatic rings. The van der Waals surface area contributed by atoms with E-state index in [2.05, 4.69) is 36.1 Å². The second kappa shape index (κ2) is 4.51. The normalized spacial score (nSPS) is 16.5. The molecule has 0 aromatic carbocycles. The molecule has 1 fully saturated rings. The fourth-order valence-corrected chi connectivity index (χ4v) is 1.61. The summed E-state index contributed by atoms with van der Waals surface area (Å²) in [6, 6.07) is 1.87. The molecule has 4 nitrogen and oxygen atoms in total. The predicted molar refractivity (Wildman–Crippen MR) is 68.5 cm³/mol. The number of ether oxygens (including phenoxy) is 1. The van der Waals surface area contributed by atoms with Crippen LogP contribution >= 0.6 is 0 Å². The minimum atomic E-state index is -0.0649. The fraction of sp³-hybridized carbons (Fsp3) is 0.692. The molecule has 1 aromatic heterocycles. The van der Waals surface area contributed by atoms with Crippen LogP contribution in [-0.2, 0) is 5.41 Å². The molecular weight excluding hydrogens is 214 g/mol. The van der Waals surface area contributed by atoms with Crippen LogP contribution in [0.2, 0.25) is 0 Å². The SMILES string of the molecule is CNc1cc(OC2CCC2)nc(C(C)(C)C)n1. The van der Waals surface area contributed by atoms with E-state index in [4.69, 9.17) is 4.74 Å². The Morgan fingerprint density at radius 1 is 1.29 bits per heavy atom. The predicted octanol–water partition coefficient (Wildman–Crippen LogP) is 2.75. The van der Waals surface area contributed by atoms with Crippen molar-refractivity contribution in [2.75, 3.05) is 12.4 Å². The summed E-state index contributed by atoms with van der Waals surface area (Å²) >= 11 is 0. The average Bonchev–Trinajstić information content (AvgIpc) is 2.22. The van der Waals surface area contributed by atoms with Gasteiger partial charge in [-0.05, 0) is 19.3 Å². The highest BCUT2D eigenvalue weighted by molar-refractivity contribution is 5.38. The van der Waals surface area contributed by atoms with Crippen molar-refractivity contribution in [2.45, 2.75) is 51.6 Å². The van der Waals surface area contributed by atoms with Crippen molar-refractivity contribution >= 4 is 5.82 Å². The van der Waals surface area contributed by atoms with Gasteiger partial charge in [0.2, 0.25) is 5.88 Å². The van der Waals surface area contributed by atoms with Crippen LogP contribution in [0.3, 0.4) is 0 Å². The van der Waals surface area contributed by atoms with Crippen molar-refractivity contribution in [3.05, 3.63) is 11.9 Å². The van der Waals surface area contributed by atoms with Crippen LogP contribution < -0.4 is 10.1 Å². The van der Waals surface area contributed by atoms with Gasteiger partial charge in [-0.1, -0.05) is 20.8 Å². The first kappa shape index (κ1) is 12.1. The first-order valence-corrected chi connectivity index (χ1v) is 6.23. The lowest BCUT2D eigenvalue weighted by Crippen LogP contribution is -2.26. The zero-order valence-corrected chi connectivity index (χ0v) is 11.1. The van der Waals surface area contributed by atoms with Crippen LogP contribution in [0.15, 0.2) is 6.07 Å². The number of rotatable bonds is 3. The highest BCUT2D eigenvalue weighted by Crippen LogP contribution is 2.27. The van der Waals surface area contributed by atoms with Gasteiger partial charge in [-0.25, -0.2) is 4.98 Å². The van der Waals surface area contributed by atoms with E-state index in [1.807, 2.05) is 13.1 Å². The van der Waals surface area contributed by atoms with Crippen molar-refractivity contribution in [3.8, 4) is 5.88 Å². The highest BCUT2D eigenvalue weighted by Gasteiger charge is 2.23. The molecule has 4 heteroatoms. The summed E-state index contributed by atoms with van der Waals surface area (Å²) in [5, 5.41) is 3.06. The van der Waals surface area contributed by atoms with Gasteiger partial charge < -0.3 is 10.1 Å². The lowest BCUT2D eigenvalue weighted by atomic mass is 9.95. The zero-order chi connectivity index (χ0) is 12.5.